The summed E-state index contributed by atoms with van der Waals surface area (Å²) >= 11 is 6.34. The van der Waals surface area contributed by atoms with Gasteiger partial charge in [-0.05, 0) is 99.7 Å². The first-order valence-corrected chi connectivity index (χ1v) is 23.1. The molecule has 10 atom stereocenters. The standard InChI is InChI=1S/C43H55ClF2N4O8S/c1-22-34-21-50(36(22)32(51)20-43(19-28(43)37(45)46)40(54)49-59(55,56)42(5)13-14-42)39(53)27(41(2,3)4)18-35(52)57-33-16-23-15-26(23)25(33)9-7-6-8-10-30-38(58-34)48-31-17-24(44)11-12-29(31)47-30/h11-12,17,22-23,25-28,33-34,36-37H,6-10,13-16,18-21H2,1-5H3,(H,49,54)/t22-,23+,25-,26+,27-,28+,33-,34+,36+,43-/m1/s1. The molecule has 5 fully saturated rings. The molecule has 0 spiro atoms. The minimum absolute atomic E-state index is 0.106. The Morgan fingerprint density at radius 1 is 1.03 bits per heavy atom. The van der Waals surface area contributed by atoms with Crippen molar-refractivity contribution in [3.63, 3.8) is 0 Å². The lowest BCUT2D eigenvalue weighted by Gasteiger charge is -2.35. The van der Waals surface area contributed by atoms with Gasteiger partial charge in [0.05, 0.1) is 46.1 Å². The summed E-state index contributed by atoms with van der Waals surface area (Å²) in [4.78, 5) is 68.4. The highest BCUT2D eigenvalue weighted by Crippen LogP contribution is 2.60. The third-order valence-electron chi connectivity index (χ3n) is 14.5. The lowest BCUT2D eigenvalue weighted by molar-refractivity contribution is -0.158. The van der Waals surface area contributed by atoms with Crippen LogP contribution >= 0.6 is 11.6 Å². The predicted molar refractivity (Wildman–Crippen MR) is 214 cm³/mol. The Labute approximate surface area is 349 Å². The van der Waals surface area contributed by atoms with Gasteiger partial charge in [0.2, 0.25) is 34.1 Å². The molecule has 16 heteroatoms. The van der Waals surface area contributed by atoms with Gasteiger partial charge in [-0.1, -0.05) is 52.1 Å². The highest BCUT2D eigenvalue weighted by molar-refractivity contribution is 7.91. The number of hydrogen-bond donors (Lipinski definition) is 1. The molecule has 3 heterocycles. The number of alkyl halides is 2. The van der Waals surface area contributed by atoms with E-state index in [1.54, 1.807) is 25.1 Å². The van der Waals surface area contributed by atoms with Gasteiger partial charge in [0.15, 0.2) is 5.78 Å². The van der Waals surface area contributed by atoms with E-state index in [2.05, 4.69) is 0 Å². The number of benzene rings is 1. The second-order valence-corrected chi connectivity index (χ2v) is 22.3. The molecule has 4 saturated carbocycles. The molecule has 1 aromatic heterocycles. The summed E-state index contributed by atoms with van der Waals surface area (Å²) in [5.41, 5.74) is -1.01. The number of esters is 1. The maximum Gasteiger partial charge on any atom is 0.306 e. The van der Waals surface area contributed by atoms with Crippen LogP contribution in [0.1, 0.15) is 111 Å². The number of sulfonamides is 1. The third-order valence-corrected chi connectivity index (χ3v) is 16.9. The van der Waals surface area contributed by atoms with Gasteiger partial charge < -0.3 is 14.4 Å². The van der Waals surface area contributed by atoms with Crippen LogP contribution in [0.25, 0.3) is 11.0 Å². The van der Waals surface area contributed by atoms with Crippen LogP contribution in [0.3, 0.4) is 0 Å². The lowest BCUT2D eigenvalue weighted by Crippen LogP contribution is -2.50. The minimum atomic E-state index is -4.19. The molecule has 6 aliphatic rings. The third kappa shape index (κ3) is 8.08. The topological polar surface area (TPSA) is 162 Å². The van der Waals surface area contributed by atoms with Gasteiger partial charge >= 0.3 is 5.97 Å². The van der Waals surface area contributed by atoms with Crippen molar-refractivity contribution >= 4 is 56.2 Å². The number of hydrogen-bond acceptors (Lipinski definition) is 10. The Bertz CT molecular complexity index is 2160. The number of fused-ring (bicyclic) bond motifs is 7. The molecule has 1 saturated heterocycles. The van der Waals surface area contributed by atoms with E-state index in [1.807, 2.05) is 25.5 Å². The minimum Gasteiger partial charge on any atom is -0.471 e. The monoisotopic (exact) mass is 860 g/mol. The number of ketones is 1. The van der Waals surface area contributed by atoms with E-state index >= 15 is 0 Å². The highest BCUT2D eigenvalue weighted by atomic mass is 35.5. The number of amides is 2. The number of aryl methyl sites for hydroxylation is 1. The Morgan fingerprint density at radius 3 is 2.46 bits per heavy atom. The number of nitrogens with zero attached hydrogens (tertiary/aromatic N) is 3. The number of halogens is 3. The Balaban J connectivity index is 1.15. The largest absolute Gasteiger partial charge is 0.471 e. The zero-order chi connectivity index (χ0) is 42.4. The number of Topliss-reactive ketones (excluding diaryl/α,β-unsaturated/α-hetero) is 1. The van der Waals surface area contributed by atoms with E-state index in [4.69, 9.17) is 31.0 Å². The normalized spacial score (nSPS) is 34.5. The number of ether oxygens (including phenoxy) is 2. The SMILES string of the molecule is C[C@@H]1[C@@H]2CN(C(=O)[C@H](C(C)(C)C)CC(=O)O[C@@H]3C[C@@H]4C[C@@H]4[C@H]3CCCCCc3nc4ccc(Cl)cc4nc3O2)[C@@H]1C(=O)C[C@]1(C(=O)NS(=O)(=O)C2(C)CC2)C[C@H]1C(F)F. The Morgan fingerprint density at radius 2 is 1.78 bits per heavy atom. The van der Waals surface area contributed by atoms with E-state index in [-0.39, 0.29) is 37.3 Å². The van der Waals surface area contributed by atoms with Crippen molar-refractivity contribution in [2.24, 2.45) is 46.3 Å². The molecule has 2 amide bonds. The summed E-state index contributed by atoms with van der Waals surface area (Å²) in [6.07, 6.45) is 1.35. The maximum atomic E-state index is 15.0. The van der Waals surface area contributed by atoms with E-state index < -0.39 is 91.9 Å². The van der Waals surface area contributed by atoms with Crippen molar-refractivity contribution in [3.05, 3.63) is 28.9 Å². The van der Waals surface area contributed by atoms with Crippen LogP contribution in [0.4, 0.5) is 8.78 Å². The summed E-state index contributed by atoms with van der Waals surface area (Å²) < 4.78 is 68.7. The van der Waals surface area contributed by atoms with Crippen molar-refractivity contribution < 1.29 is 45.9 Å². The molecule has 1 N–H and O–H groups in total. The average Bonchev–Trinajstić information content (AvgIpc) is 4.10. The van der Waals surface area contributed by atoms with Crippen LogP contribution in [-0.4, -0.2) is 82.8 Å². The maximum absolute atomic E-state index is 15.0. The number of rotatable bonds is 7. The predicted octanol–water partition coefficient (Wildman–Crippen LogP) is 6.84. The molecule has 0 radical (unpaired) electrons. The molecule has 59 heavy (non-hydrogen) atoms. The van der Waals surface area contributed by atoms with Crippen molar-refractivity contribution in [1.29, 1.82) is 0 Å². The molecule has 8 rings (SSSR count). The van der Waals surface area contributed by atoms with E-state index in [0.717, 1.165) is 38.5 Å². The van der Waals surface area contributed by atoms with Crippen molar-refractivity contribution in [2.45, 2.75) is 141 Å². The summed E-state index contributed by atoms with van der Waals surface area (Å²) in [6.45, 7) is 8.61. The summed E-state index contributed by atoms with van der Waals surface area (Å²) in [6, 6.07) is 3.95. The fourth-order valence-electron chi connectivity index (χ4n) is 10.2. The zero-order valence-electron chi connectivity index (χ0n) is 34.3. The first-order valence-electron chi connectivity index (χ1n) is 21.2. The van der Waals surface area contributed by atoms with E-state index in [0.29, 0.717) is 52.8 Å². The molecular formula is C43H55ClF2N4O8S. The molecule has 4 aliphatic carbocycles. The van der Waals surface area contributed by atoms with Gasteiger partial charge in [0.1, 0.15) is 17.9 Å². The van der Waals surface area contributed by atoms with Crippen molar-refractivity contribution in [1.82, 2.24) is 19.6 Å². The number of carbonyl (C=O) groups excluding carboxylic acids is 4. The quantitative estimate of drug-likeness (QED) is 0.292. The van der Waals surface area contributed by atoms with Crippen molar-refractivity contribution in [2.75, 3.05) is 6.54 Å². The van der Waals surface area contributed by atoms with Gasteiger partial charge in [-0.15, -0.1) is 0 Å². The fraction of sp³-hybridized carbons (Fsp3) is 0.721. The number of aromatic nitrogens is 2. The number of nitrogens with one attached hydrogen (secondary N) is 1. The molecule has 322 valence electrons. The lowest BCUT2D eigenvalue weighted by atomic mass is 9.77. The van der Waals surface area contributed by atoms with Gasteiger partial charge in [0.25, 0.3) is 0 Å². The first-order chi connectivity index (χ1) is 27.7. The second kappa shape index (κ2) is 15.2. The van der Waals surface area contributed by atoms with Gasteiger partial charge in [-0.3, -0.25) is 23.9 Å². The fourth-order valence-corrected chi connectivity index (χ4v) is 11.7. The molecular weight excluding hydrogens is 806 g/mol. The van der Waals surface area contributed by atoms with Gasteiger partial charge in [-0.2, -0.15) is 0 Å². The molecule has 2 bridgehead atoms. The van der Waals surface area contributed by atoms with E-state index in [1.165, 1.54) is 11.8 Å². The molecule has 1 aromatic carbocycles. The zero-order valence-corrected chi connectivity index (χ0v) is 35.9. The Hall–Kier alpha value is -3.46. The van der Waals surface area contributed by atoms with Crippen LogP contribution in [0.5, 0.6) is 5.88 Å². The first kappa shape index (κ1) is 42.2. The summed E-state index contributed by atoms with van der Waals surface area (Å²) in [5.74, 6) is -4.44. The van der Waals surface area contributed by atoms with Crippen LogP contribution in [0.15, 0.2) is 18.2 Å². The number of carbonyl (C=O) groups is 4. The van der Waals surface area contributed by atoms with Crippen LogP contribution in [0.2, 0.25) is 5.02 Å². The summed E-state index contributed by atoms with van der Waals surface area (Å²) in [7, 11) is -4.19. The van der Waals surface area contributed by atoms with Crippen molar-refractivity contribution in [3.8, 4) is 5.88 Å². The van der Waals surface area contributed by atoms with Crippen LogP contribution in [0, 0.1) is 46.3 Å². The van der Waals surface area contributed by atoms with Gasteiger partial charge in [-0.25, -0.2) is 27.2 Å². The molecule has 2 aliphatic heterocycles. The second-order valence-electron chi connectivity index (χ2n) is 19.7. The Kier molecular flexibility index (Phi) is 10.9. The van der Waals surface area contributed by atoms with Crippen LogP contribution < -0.4 is 9.46 Å². The van der Waals surface area contributed by atoms with E-state index in [9.17, 15) is 36.4 Å². The van der Waals surface area contributed by atoms with Crippen LogP contribution in [-0.2, 0) is 40.4 Å². The highest BCUT2D eigenvalue weighted by Gasteiger charge is 2.67. The van der Waals surface area contributed by atoms with Gasteiger partial charge in [0, 0.05) is 23.3 Å². The smallest absolute Gasteiger partial charge is 0.306 e. The molecule has 2 aromatic rings. The molecule has 12 nitrogen and oxygen atoms in total. The average molecular weight is 861 g/mol. The summed E-state index contributed by atoms with van der Waals surface area (Å²) in [5, 5.41) is 0.456. The molecule has 0 unspecified atom stereocenters.